The fraction of sp³-hybridized carbons (Fsp3) is 0.520. The molecule has 1 aromatic carbocycles. The van der Waals surface area contributed by atoms with E-state index in [4.69, 9.17) is 0 Å². The van der Waals surface area contributed by atoms with Crippen molar-refractivity contribution < 1.29 is 15.3 Å². The minimum absolute atomic E-state index is 0.0372. The van der Waals surface area contributed by atoms with Gasteiger partial charge in [-0.1, -0.05) is 45.0 Å². The van der Waals surface area contributed by atoms with Crippen molar-refractivity contribution in [2.75, 3.05) is 0 Å². The summed E-state index contributed by atoms with van der Waals surface area (Å²) in [6.45, 7) is 6.23. The fourth-order valence-electron chi connectivity index (χ4n) is 3.63. The second-order valence-corrected chi connectivity index (χ2v) is 8.91. The van der Waals surface area contributed by atoms with Gasteiger partial charge in [0.05, 0.1) is 18.8 Å². The van der Waals surface area contributed by atoms with Crippen LogP contribution in [0.2, 0.25) is 0 Å². The topological polar surface area (TPSA) is 60.7 Å². The normalized spacial score (nSPS) is 12.6. The molecule has 0 spiro atoms. The lowest BCUT2D eigenvalue weighted by molar-refractivity contribution is 0.0246. The zero-order valence-corrected chi connectivity index (χ0v) is 18.9. The molecule has 0 aliphatic heterocycles. The van der Waals surface area contributed by atoms with E-state index in [0.717, 1.165) is 56.1 Å². The van der Waals surface area contributed by atoms with E-state index < -0.39 is 5.60 Å². The van der Waals surface area contributed by atoms with Gasteiger partial charge in [0.2, 0.25) is 0 Å². The van der Waals surface area contributed by atoms with Crippen molar-refractivity contribution in [3.8, 4) is 0 Å². The van der Waals surface area contributed by atoms with Gasteiger partial charge >= 0.3 is 0 Å². The summed E-state index contributed by atoms with van der Waals surface area (Å²) in [7, 11) is 0. The van der Waals surface area contributed by atoms with E-state index in [1.165, 1.54) is 20.9 Å². The van der Waals surface area contributed by atoms with E-state index in [1.807, 2.05) is 29.5 Å². The number of hydrogen-bond donors (Lipinski definition) is 3. The van der Waals surface area contributed by atoms with Crippen LogP contribution in [0.4, 0.5) is 0 Å². The van der Waals surface area contributed by atoms with E-state index in [0.29, 0.717) is 0 Å². The van der Waals surface area contributed by atoms with Crippen LogP contribution in [-0.2, 0) is 26.1 Å². The maximum atomic E-state index is 10.5. The maximum absolute atomic E-state index is 10.5. The summed E-state index contributed by atoms with van der Waals surface area (Å²) in [6.07, 6.45) is 8.53. The van der Waals surface area contributed by atoms with E-state index in [1.54, 1.807) is 0 Å². The van der Waals surface area contributed by atoms with Gasteiger partial charge in [-0.15, -0.1) is 11.3 Å². The van der Waals surface area contributed by atoms with Crippen molar-refractivity contribution in [2.45, 2.75) is 84.5 Å². The van der Waals surface area contributed by atoms with Crippen molar-refractivity contribution in [2.24, 2.45) is 0 Å². The third kappa shape index (κ3) is 6.78. The van der Waals surface area contributed by atoms with Gasteiger partial charge in [0.15, 0.2) is 0 Å². The number of thiophene rings is 1. The van der Waals surface area contributed by atoms with E-state index >= 15 is 0 Å². The fourth-order valence-corrected chi connectivity index (χ4v) is 4.74. The number of allylic oxidation sites excluding steroid dienone is 2. The lowest BCUT2D eigenvalue weighted by atomic mass is 9.91. The smallest absolute Gasteiger partial charge is 0.0685 e. The zero-order chi connectivity index (χ0) is 21.3. The minimum atomic E-state index is -0.533. The first-order valence-corrected chi connectivity index (χ1v) is 11.6. The summed E-state index contributed by atoms with van der Waals surface area (Å²) in [4.78, 5) is 2.68. The van der Waals surface area contributed by atoms with Crippen molar-refractivity contribution in [3.05, 3.63) is 62.9 Å². The zero-order valence-electron chi connectivity index (χ0n) is 18.1. The maximum Gasteiger partial charge on any atom is 0.0685 e. The Bertz CT molecular complexity index is 787. The highest BCUT2D eigenvalue weighted by molar-refractivity contribution is 7.13. The van der Waals surface area contributed by atoms with Crippen LogP contribution in [0.3, 0.4) is 0 Å². The summed E-state index contributed by atoms with van der Waals surface area (Å²) in [5.74, 6) is 0. The highest BCUT2D eigenvalue weighted by atomic mass is 32.1. The van der Waals surface area contributed by atoms with Crippen LogP contribution < -0.4 is 0 Å². The van der Waals surface area contributed by atoms with Crippen molar-refractivity contribution in [1.82, 2.24) is 0 Å². The molecule has 0 amide bonds. The molecule has 3 nitrogen and oxygen atoms in total. The monoisotopic (exact) mass is 416 g/mol. The van der Waals surface area contributed by atoms with Crippen LogP contribution in [0.1, 0.15) is 79.3 Å². The number of benzene rings is 1. The number of aryl methyl sites for hydroxylation is 2. The predicted molar refractivity (Wildman–Crippen MR) is 123 cm³/mol. The highest BCUT2D eigenvalue weighted by Gasteiger charge is 2.20. The van der Waals surface area contributed by atoms with Crippen LogP contribution in [0.25, 0.3) is 5.57 Å². The Morgan fingerprint density at radius 2 is 1.69 bits per heavy atom. The lowest BCUT2D eigenvalue weighted by Gasteiger charge is -2.24. The van der Waals surface area contributed by atoms with Gasteiger partial charge in [0.25, 0.3) is 0 Å². The molecule has 29 heavy (non-hydrogen) atoms. The lowest BCUT2D eigenvalue weighted by Crippen LogP contribution is -2.25. The molecule has 0 aliphatic rings. The Kier molecular flexibility index (Phi) is 9.57. The molecule has 0 saturated heterocycles. The van der Waals surface area contributed by atoms with Gasteiger partial charge in [-0.05, 0) is 79.3 Å². The van der Waals surface area contributed by atoms with Gasteiger partial charge in [0.1, 0.15) is 0 Å². The Labute approximate surface area is 179 Å². The van der Waals surface area contributed by atoms with Crippen LogP contribution >= 0.6 is 11.3 Å². The predicted octanol–water partition coefficient (Wildman–Crippen LogP) is 5.64. The molecule has 0 radical (unpaired) electrons. The second kappa shape index (κ2) is 11.7. The van der Waals surface area contributed by atoms with Crippen molar-refractivity contribution in [3.63, 3.8) is 0 Å². The molecule has 0 unspecified atom stereocenters. The second-order valence-electron chi connectivity index (χ2n) is 7.74. The molecule has 3 N–H and O–H groups in total. The van der Waals surface area contributed by atoms with E-state index in [-0.39, 0.29) is 13.2 Å². The highest BCUT2D eigenvalue weighted by Crippen LogP contribution is 2.29. The van der Waals surface area contributed by atoms with Crippen LogP contribution in [0.15, 0.2) is 36.4 Å². The molecule has 0 bridgehead atoms. The largest absolute Gasteiger partial charge is 0.392 e. The number of rotatable bonds is 12. The molecule has 0 saturated carbocycles. The molecule has 4 heteroatoms. The van der Waals surface area contributed by atoms with Crippen molar-refractivity contribution in [1.29, 1.82) is 0 Å². The molecule has 0 fully saturated rings. The summed E-state index contributed by atoms with van der Waals surface area (Å²) >= 11 is 1.85. The standard InChI is InChI=1S/C25H36O3S/c1-4-20(8-7-15-25(28,5-2)6-3)24-14-13-23(29-24)12-10-19-9-11-21(17-26)22(16-19)18-27/h8-9,11,13-14,16,26-28H,4-7,10,12,15,17-18H2,1-3H3/b20-8+. The van der Waals surface area contributed by atoms with Crippen LogP contribution in [0.5, 0.6) is 0 Å². The molecular weight excluding hydrogens is 380 g/mol. The molecule has 0 aliphatic carbocycles. The molecule has 1 heterocycles. The number of hydrogen-bond acceptors (Lipinski definition) is 4. The van der Waals surface area contributed by atoms with Gasteiger partial charge in [0, 0.05) is 9.75 Å². The molecular formula is C25H36O3S. The molecule has 0 atom stereocenters. The summed E-state index contributed by atoms with van der Waals surface area (Å²) < 4.78 is 0. The minimum Gasteiger partial charge on any atom is -0.392 e. The Hall–Kier alpha value is -1.46. The van der Waals surface area contributed by atoms with Gasteiger partial charge < -0.3 is 15.3 Å². The number of aliphatic hydroxyl groups is 3. The third-order valence-electron chi connectivity index (χ3n) is 5.95. The first-order valence-electron chi connectivity index (χ1n) is 10.8. The third-order valence-corrected chi connectivity index (χ3v) is 7.17. The molecule has 2 aromatic rings. The Morgan fingerprint density at radius 3 is 2.31 bits per heavy atom. The van der Waals surface area contributed by atoms with E-state index in [2.05, 4.69) is 39.0 Å². The molecule has 160 valence electrons. The average Bonchev–Trinajstić information content (AvgIpc) is 3.23. The van der Waals surface area contributed by atoms with Crippen molar-refractivity contribution >= 4 is 16.9 Å². The van der Waals surface area contributed by atoms with Gasteiger partial charge in [-0.25, -0.2) is 0 Å². The number of aliphatic hydroxyl groups excluding tert-OH is 2. The summed E-state index contributed by atoms with van der Waals surface area (Å²) in [5.41, 5.74) is 3.63. The first-order chi connectivity index (χ1) is 14.0. The quantitative estimate of drug-likeness (QED) is 0.419. The van der Waals surface area contributed by atoms with Crippen LogP contribution in [0, 0.1) is 0 Å². The Morgan fingerprint density at radius 1 is 0.966 bits per heavy atom. The van der Waals surface area contributed by atoms with E-state index in [9.17, 15) is 15.3 Å². The Balaban J connectivity index is 1.99. The van der Waals surface area contributed by atoms with Gasteiger partial charge in [-0.3, -0.25) is 0 Å². The van der Waals surface area contributed by atoms with Crippen LogP contribution in [-0.4, -0.2) is 20.9 Å². The first kappa shape index (κ1) is 23.8. The average molecular weight is 417 g/mol. The summed E-state index contributed by atoms with van der Waals surface area (Å²) in [5, 5.41) is 29.3. The summed E-state index contributed by atoms with van der Waals surface area (Å²) in [6, 6.07) is 10.4. The van der Waals surface area contributed by atoms with Gasteiger partial charge in [-0.2, -0.15) is 0 Å². The molecule has 2 rings (SSSR count). The SMILES string of the molecule is CC/C(=C\CCC(O)(CC)CC)c1ccc(CCc2ccc(CO)c(CO)c2)s1. The molecule has 1 aromatic heterocycles.